The molecule has 0 bridgehead atoms. The Morgan fingerprint density at radius 1 is 1.21 bits per heavy atom. The number of thiocarbonyl (C=S) groups is 1. The van der Waals surface area contributed by atoms with Crippen molar-refractivity contribution in [3.63, 3.8) is 0 Å². The van der Waals surface area contributed by atoms with Crippen LogP contribution in [-0.4, -0.2) is 57.7 Å². The number of rotatable bonds is 8. The molecule has 1 aromatic carbocycles. The third-order valence-corrected chi connectivity index (χ3v) is 9.89. The average Bonchev–Trinajstić information content (AvgIpc) is 3.56. The van der Waals surface area contributed by atoms with Gasteiger partial charge in [0.2, 0.25) is 5.91 Å². The standard InChI is InChI=1S/C28H35N3O5S2/c1-13(2)22(29)27(33)35-15(4)21-23-14(3)25(38-19-11-20(37)30-12-19)24(31(23)26(21)32)28(34)36-18-9-8-16-6-5-7-17(16)10-18/h8-10,13-15,19,21-23H,5-7,11-12,29H2,1-4H3,(H,30,37)/t14-,15-,19-,21-,22+,23-/m1/s1. The van der Waals surface area contributed by atoms with Crippen molar-refractivity contribution in [3.05, 3.63) is 39.9 Å². The number of aryl methyl sites for hydroxylation is 2. The molecule has 3 heterocycles. The van der Waals surface area contributed by atoms with E-state index in [1.165, 1.54) is 11.1 Å². The fourth-order valence-electron chi connectivity index (χ4n) is 5.87. The SMILES string of the molecule is CC(C)[C@H](N)C(=O)O[C@H](C)[C@H]1C(=O)N2C(C(=O)Oc3ccc4c(c3)CCC4)=C(S[C@H]3CNC(=S)C3)[C@H](C)[C@H]12. The van der Waals surface area contributed by atoms with E-state index < -0.39 is 30.0 Å². The predicted molar refractivity (Wildman–Crippen MR) is 149 cm³/mol. The molecule has 2 saturated heterocycles. The second-order valence-electron chi connectivity index (χ2n) is 11.1. The molecular formula is C28H35N3O5S2. The largest absolute Gasteiger partial charge is 0.461 e. The summed E-state index contributed by atoms with van der Waals surface area (Å²) in [5.41, 5.74) is 8.77. The molecule has 0 radical (unpaired) electrons. The molecule has 38 heavy (non-hydrogen) atoms. The Labute approximate surface area is 233 Å². The number of amides is 1. The van der Waals surface area contributed by atoms with Gasteiger partial charge in [-0.3, -0.25) is 9.59 Å². The number of carbonyl (C=O) groups is 3. The molecule has 0 spiro atoms. The van der Waals surface area contributed by atoms with Gasteiger partial charge in [0.25, 0.3) is 0 Å². The van der Waals surface area contributed by atoms with Gasteiger partial charge >= 0.3 is 11.9 Å². The van der Waals surface area contributed by atoms with Crippen LogP contribution in [0.3, 0.4) is 0 Å². The number of nitrogens with one attached hydrogen (secondary N) is 1. The third kappa shape index (κ3) is 4.86. The average molecular weight is 558 g/mol. The van der Waals surface area contributed by atoms with Gasteiger partial charge in [-0.25, -0.2) is 4.79 Å². The first kappa shape index (κ1) is 27.1. The third-order valence-electron chi connectivity index (χ3n) is 8.09. The van der Waals surface area contributed by atoms with Crippen LogP contribution in [0.1, 0.15) is 51.7 Å². The van der Waals surface area contributed by atoms with Gasteiger partial charge in [-0.05, 0) is 55.4 Å². The number of nitrogens with two attached hydrogens (primary N) is 1. The summed E-state index contributed by atoms with van der Waals surface area (Å²) in [6.07, 6.45) is 3.17. The second-order valence-corrected chi connectivity index (χ2v) is 12.9. The molecule has 0 saturated carbocycles. The van der Waals surface area contributed by atoms with Gasteiger partial charge in [0, 0.05) is 29.0 Å². The maximum absolute atomic E-state index is 13.6. The summed E-state index contributed by atoms with van der Waals surface area (Å²) in [4.78, 5) is 42.8. The van der Waals surface area contributed by atoms with Crippen LogP contribution in [0.2, 0.25) is 0 Å². The van der Waals surface area contributed by atoms with Crippen molar-refractivity contribution in [2.24, 2.45) is 23.5 Å². The minimum absolute atomic E-state index is 0.0787. The molecule has 3 aliphatic heterocycles. The maximum Gasteiger partial charge on any atom is 0.361 e. The van der Waals surface area contributed by atoms with E-state index in [-0.39, 0.29) is 29.0 Å². The molecule has 5 rings (SSSR count). The maximum atomic E-state index is 13.6. The molecule has 2 fully saturated rings. The highest BCUT2D eigenvalue weighted by molar-refractivity contribution is 8.03. The van der Waals surface area contributed by atoms with Crippen molar-refractivity contribution in [2.75, 3.05) is 6.54 Å². The smallest absolute Gasteiger partial charge is 0.361 e. The Balaban J connectivity index is 1.39. The lowest BCUT2D eigenvalue weighted by molar-refractivity contribution is -0.173. The summed E-state index contributed by atoms with van der Waals surface area (Å²) in [6.45, 7) is 8.15. The van der Waals surface area contributed by atoms with Gasteiger partial charge in [-0.1, -0.05) is 39.1 Å². The quantitative estimate of drug-likeness (QED) is 0.216. The lowest BCUT2D eigenvalue weighted by atomic mass is 9.79. The van der Waals surface area contributed by atoms with Gasteiger partial charge < -0.3 is 25.4 Å². The molecule has 1 aliphatic carbocycles. The van der Waals surface area contributed by atoms with Crippen LogP contribution in [0, 0.1) is 17.8 Å². The number of carbonyl (C=O) groups excluding carboxylic acids is 3. The molecule has 1 aromatic rings. The van der Waals surface area contributed by atoms with E-state index in [1.54, 1.807) is 23.6 Å². The fourth-order valence-corrected chi connectivity index (χ4v) is 7.69. The van der Waals surface area contributed by atoms with Crippen LogP contribution in [0.15, 0.2) is 28.8 Å². The first-order valence-electron chi connectivity index (χ1n) is 13.4. The summed E-state index contributed by atoms with van der Waals surface area (Å²) in [7, 11) is 0. The summed E-state index contributed by atoms with van der Waals surface area (Å²) in [5, 5.41) is 3.36. The second kappa shape index (κ2) is 10.6. The normalized spacial score (nSPS) is 27.6. The summed E-state index contributed by atoms with van der Waals surface area (Å²) >= 11 is 6.91. The topological polar surface area (TPSA) is 111 Å². The molecular weight excluding hydrogens is 522 g/mol. The lowest BCUT2D eigenvalue weighted by Gasteiger charge is -2.47. The summed E-state index contributed by atoms with van der Waals surface area (Å²) < 4.78 is 11.5. The fraction of sp³-hybridized carbons (Fsp3) is 0.571. The minimum Gasteiger partial charge on any atom is -0.461 e. The van der Waals surface area contributed by atoms with E-state index in [4.69, 9.17) is 27.4 Å². The van der Waals surface area contributed by atoms with E-state index in [1.807, 2.05) is 39.0 Å². The molecule has 3 N–H and O–H groups in total. The summed E-state index contributed by atoms with van der Waals surface area (Å²) in [5.74, 6) is -1.57. The van der Waals surface area contributed by atoms with Gasteiger partial charge in [-0.2, -0.15) is 0 Å². The molecule has 0 aromatic heterocycles. The monoisotopic (exact) mass is 557 g/mol. The summed E-state index contributed by atoms with van der Waals surface area (Å²) in [6, 6.07) is 4.72. The van der Waals surface area contributed by atoms with Gasteiger partial charge in [0.15, 0.2) is 0 Å². The molecule has 4 aliphatic rings. The van der Waals surface area contributed by atoms with Crippen molar-refractivity contribution in [2.45, 2.75) is 76.8 Å². The van der Waals surface area contributed by atoms with Crippen molar-refractivity contribution in [1.29, 1.82) is 0 Å². The van der Waals surface area contributed by atoms with Crippen molar-refractivity contribution < 1.29 is 23.9 Å². The van der Waals surface area contributed by atoms with Crippen LogP contribution in [-0.2, 0) is 32.0 Å². The molecule has 6 atom stereocenters. The van der Waals surface area contributed by atoms with Crippen LogP contribution >= 0.6 is 24.0 Å². The van der Waals surface area contributed by atoms with E-state index in [0.717, 1.165) is 29.2 Å². The predicted octanol–water partition coefficient (Wildman–Crippen LogP) is 3.11. The Morgan fingerprint density at radius 2 is 1.95 bits per heavy atom. The number of benzene rings is 1. The molecule has 0 unspecified atom stereocenters. The van der Waals surface area contributed by atoms with Crippen LogP contribution in [0.25, 0.3) is 0 Å². The van der Waals surface area contributed by atoms with Crippen LogP contribution < -0.4 is 15.8 Å². The van der Waals surface area contributed by atoms with E-state index >= 15 is 0 Å². The number of hydrogen-bond donors (Lipinski definition) is 2. The highest BCUT2D eigenvalue weighted by atomic mass is 32.2. The van der Waals surface area contributed by atoms with E-state index in [2.05, 4.69) is 5.32 Å². The molecule has 8 nitrogen and oxygen atoms in total. The molecule has 10 heteroatoms. The Bertz CT molecular complexity index is 1210. The zero-order valence-electron chi connectivity index (χ0n) is 22.2. The van der Waals surface area contributed by atoms with Gasteiger partial charge in [0.1, 0.15) is 23.6 Å². The van der Waals surface area contributed by atoms with Gasteiger partial charge in [-0.15, -0.1) is 11.8 Å². The molecule has 1 amide bonds. The number of esters is 2. The minimum atomic E-state index is -0.759. The first-order valence-corrected chi connectivity index (χ1v) is 14.7. The van der Waals surface area contributed by atoms with Crippen LogP contribution in [0.4, 0.5) is 0 Å². The number of β-lactam (4-membered cyclic amide) rings is 1. The van der Waals surface area contributed by atoms with E-state index in [9.17, 15) is 14.4 Å². The highest BCUT2D eigenvalue weighted by Gasteiger charge is 2.61. The Kier molecular flexibility index (Phi) is 7.59. The Hall–Kier alpha value is -2.43. The zero-order valence-corrected chi connectivity index (χ0v) is 23.8. The number of nitrogens with zero attached hydrogens (tertiary/aromatic N) is 1. The highest BCUT2D eigenvalue weighted by Crippen LogP contribution is 2.52. The van der Waals surface area contributed by atoms with Gasteiger partial charge in [0.05, 0.1) is 16.9 Å². The zero-order chi connectivity index (χ0) is 27.3. The Morgan fingerprint density at radius 3 is 2.63 bits per heavy atom. The first-order chi connectivity index (χ1) is 18.1. The van der Waals surface area contributed by atoms with Crippen molar-refractivity contribution in [3.8, 4) is 5.75 Å². The van der Waals surface area contributed by atoms with Crippen molar-refractivity contribution >= 4 is 46.8 Å². The number of thioether (sulfide) groups is 1. The number of fused-ring (bicyclic) bond motifs is 2. The van der Waals surface area contributed by atoms with Crippen LogP contribution in [0.5, 0.6) is 5.75 Å². The lowest BCUT2D eigenvalue weighted by Crippen LogP contribution is -2.64. The number of ether oxygens (including phenoxy) is 2. The van der Waals surface area contributed by atoms with Crippen molar-refractivity contribution in [1.82, 2.24) is 10.2 Å². The molecule has 204 valence electrons. The van der Waals surface area contributed by atoms with E-state index in [0.29, 0.717) is 24.4 Å². The number of hydrogen-bond acceptors (Lipinski definition) is 8.